The average Bonchev–Trinajstić information content (AvgIpc) is 2.88. The molecule has 200 valence electrons. The molecule has 0 radical (unpaired) electrons. The quantitative estimate of drug-likeness (QED) is 0.191. The Bertz CT molecular complexity index is 952. The second kappa shape index (κ2) is 15.2. The van der Waals surface area contributed by atoms with Gasteiger partial charge in [0.15, 0.2) is 11.5 Å². The van der Waals surface area contributed by atoms with Crippen molar-refractivity contribution in [2.24, 2.45) is 0 Å². The van der Waals surface area contributed by atoms with Crippen molar-refractivity contribution in [2.45, 2.75) is 44.6 Å². The van der Waals surface area contributed by atoms with Gasteiger partial charge in [-0.05, 0) is 58.9 Å². The first-order valence-corrected chi connectivity index (χ1v) is 12.8. The van der Waals surface area contributed by atoms with E-state index < -0.39 is 24.2 Å². The summed E-state index contributed by atoms with van der Waals surface area (Å²) in [6.07, 6.45) is 3.30. The Balaban J connectivity index is 2.49. The second-order valence-electron chi connectivity index (χ2n) is 8.12. The maximum atomic E-state index is 13.0. The molecule has 11 heteroatoms. The van der Waals surface area contributed by atoms with Crippen LogP contribution in [-0.4, -0.2) is 90.8 Å². The molecule has 2 amide bonds. The van der Waals surface area contributed by atoms with Crippen LogP contribution in [0, 0.1) is 3.57 Å². The van der Waals surface area contributed by atoms with Crippen molar-refractivity contribution >= 4 is 34.4 Å². The average molecular weight is 618 g/mol. The third-order valence-corrected chi connectivity index (χ3v) is 6.46. The van der Waals surface area contributed by atoms with E-state index in [0.29, 0.717) is 32.6 Å². The predicted molar refractivity (Wildman–Crippen MR) is 142 cm³/mol. The Hall–Kier alpha value is -2.19. The van der Waals surface area contributed by atoms with E-state index in [9.17, 15) is 19.8 Å². The molecule has 0 bridgehead atoms. The molecule has 0 aromatic heterocycles. The summed E-state index contributed by atoms with van der Waals surface area (Å²) < 4.78 is 17.5. The van der Waals surface area contributed by atoms with Gasteiger partial charge in [0.1, 0.15) is 12.2 Å². The van der Waals surface area contributed by atoms with E-state index in [1.807, 2.05) is 29.5 Å². The van der Waals surface area contributed by atoms with E-state index in [-0.39, 0.29) is 45.2 Å². The van der Waals surface area contributed by atoms with E-state index in [2.05, 4.69) is 5.32 Å². The van der Waals surface area contributed by atoms with Gasteiger partial charge < -0.3 is 39.7 Å². The summed E-state index contributed by atoms with van der Waals surface area (Å²) in [5.41, 5.74) is 0.948. The summed E-state index contributed by atoms with van der Waals surface area (Å²) in [5.74, 6) is -0.0339. The number of aliphatic hydroxyl groups is 3. The number of benzene rings is 1. The van der Waals surface area contributed by atoms with Gasteiger partial charge in [0.2, 0.25) is 11.8 Å². The van der Waals surface area contributed by atoms with Crippen LogP contribution in [0.5, 0.6) is 11.5 Å². The third-order valence-electron chi connectivity index (χ3n) is 5.66. The fourth-order valence-electron chi connectivity index (χ4n) is 3.84. The van der Waals surface area contributed by atoms with Crippen molar-refractivity contribution in [1.82, 2.24) is 10.2 Å². The lowest BCUT2D eigenvalue weighted by atomic mass is 9.88. The van der Waals surface area contributed by atoms with Gasteiger partial charge in [0.25, 0.3) is 0 Å². The van der Waals surface area contributed by atoms with Gasteiger partial charge >= 0.3 is 0 Å². The number of hydrogen-bond acceptors (Lipinski definition) is 8. The molecule has 1 aromatic rings. The molecule has 0 spiro atoms. The molecule has 4 N–H and O–H groups in total. The molecule has 0 aliphatic heterocycles. The highest BCUT2D eigenvalue weighted by atomic mass is 127. The lowest BCUT2D eigenvalue weighted by Crippen LogP contribution is -2.55. The summed E-state index contributed by atoms with van der Waals surface area (Å²) in [5, 5.41) is 32.6. The van der Waals surface area contributed by atoms with Gasteiger partial charge in [-0.15, -0.1) is 0 Å². The predicted octanol–water partition coefficient (Wildman–Crippen LogP) is 1.15. The summed E-state index contributed by atoms with van der Waals surface area (Å²) in [6, 6.07) is 2.58. The third kappa shape index (κ3) is 7.90. The molecule has 0 saturated carbocycles. The molecule has 1 aromatic carbocycles. The van der Waals surface area contributed by atoms with Crippen LogP contribution in [0.3, 0.4) is 0 Å². The largest absolute Gasteiger partial charge is 0.493 e. The molecule has 3 atom stereocenters. The SMILES string of the molecule is CCC=CC(=O)N(CCOC)[C@@H]1CC(C(=O)NCCO)=C[C@H](Oc2c(I)cc(CO)cc2OC)[C@H]1O. The molecule has 1 aliphatic rings. The summed E-state index contributed by atoms with van der Waals surface area (Å²) in [6.45, 7) is 2.01. The van der Waals surface area contributed by atoms with Crippen LogP contribution in [0.4, 0.5) is 0 Å². The van der Waals surface area contributed by atoms with Gasteiger partial charge in [0, 0.05) is 32.2 Å². The van der Waals surface area contributed by atoms with E-state index >= 15 is 0 Å². The van der Waals surface area contributed by atoms with Crippen molar-refractivity contribution in [3.05, 3.63) is 45.1 Å². The Morgan fingerprint density at radius 1 is 1.28 bits per heavy atom. The number of aliphatic hydroxyl groups excluding tert-OH is 3. The molecule has 0 saturated heterocycles. The van der Waals surface area contributed by atoms with E-state index in [0.717, 1.165) is 0 Å². The van der Waals surface area contributed by atoms with Crippen LogP contribution < -0.4 is 14.8 Å². The van der Waals surface area contributed by atoms with Crippen molar-refractivity contribution in [3.63, 3.8) is 0 Å². The minimum Gasteiger partial charge on any atom is -0.493 e. The number of allylic oxidation sites excluding steroid dienone is 1. The minimum atomic E-state index is -1.17. The van der Waals surface area contributed by atoms with Crippen LogP contribution in [0.15, 0.2) is 35.9 Å². The molecular formula is C25H35IN2O8. The number of methoxy groups -OCH3 is 2. The van der Waals surface area contributed by atoms with E-state index in [4.69, 9.17) is 19.3 Å². The van der Waals surface area contributed by atoms with Gasteiger partial charge in [-0.25, -0.2) is 0 Å². The first-order chi connectivity index (χ1) is 17.3. The fourth-order valence-corrected chi connectivity index (χ4v) is 4.63. The Morgan fingerprint density at radius 2 is 2.03 bits per heavy atom. The summed E-state index contributed by atoms with van der Waals surface area (Å²) in [7, 11) is 2.99. The van der Waals surface area contributed by atoms with Crippen LogP contribution in [0.2, 0.25) is 0 Å². The maximum Gasteiger partial charge on any atom is 0.247 e. The van der Waals surface area contributed by atoms with Gasteiger partial charge in [0.05, 0.1) is 36.5 Å². The van der Waals surface area contributed by atoms with E-state index in [1.165, 1.54) is 31.3 Å². The lowest BCUT2D eigenvalue weighted by Gasteiger charge is -2.40. The van der Waals surface area contributed by atoms with Crippen molar-refractivity contribution in [1.29, 1.82) is 0 Å². The lowest BCUT2D eigenvalue weighted by molar-refractivity contribution is -0.134. The Morgan fingerprint density at radius 3 is 2.64 bits per heavy atom. The highest BCUT2D eigenvalue weighted by molar-refractivity contribution is 14.1. The minimum absolute atomic E-state index is 0.0643. The molecular weight excluding hydrogens is 583 g/mol. The molecule has 1 aliphatic carbocycles. The number of carbonyl (C=O) groups is 2. The zero-order valence-electron chi connectivity index (χ0n) is 20.8. The molecule has 10 nitrogen and oxygen atoms in total. The molecule has 0 heterocycles. The van der Waals surface area contributed by atoms with Crippen molar-refractivity contribution in [3.8, 4) is 11.5 Å². The topological polar surface area (TPSA) is 138 Å². The molecule has 0 unspecified atom stereocenters. The number of ether oxygens (including phenoxy) is 3. The van der Waals surface area contributed by atoms with E-state index in [1.54, 1.807) is 18.2 Å². The van der Waals surface area contributed by atoms with Gasteiger partial charge in [-0.3, -0.25) is 9.59 Å². The Kier molecular flexibility index (Phi) is 12.6. The van der Waals surface area contributed by atoms with Crippen LogP contribution in [-0.2, 0) is 20.9 Å². The number of halogens is 1. The van der Waals surface area contributed by atoms with Gasteiger partial charge in [-0.2, -0.15) is 0 Å². The molecule has 0 fully saturated rings. The smallest absolute Gasteiger partial charge is 0.247 e. The van der Waals surface area contributed by atoms with Crippen LogP contribution >= 0.6 is 22.6 Å². The van der Waals surface area contributed by atoms with Crippen molar-refractivity contribution < 1.29 is 39.1 Å². The zero-order valence-corrected chi connectivity index (χ0v) is 22.9. The fraction of sp³-hybridized carbons (Fsp3) is 0.520. The van der Waals surface area contributed by atoms with Crippen LogP contribution in [0.25, 0.3) is 0 Å². The zero-order chi connectivity index (χ0) is 26.7. The number of nitrogens with one attached hydrogen (secondary N) is 1. The first-order valence-electron chi connectivity index (χ1n) is 11.7. The number of rotatable bonds is 13. The number of carbonyl (C=O) groups excluding carboxylic acids is 2. The number of amides is 2. The first kappa shape index (κ1) is 30.0. The summed E-state index contributed by atoms with van der Waals surface area (Å²) in [4.78, 5) is 27.3. The Labute approximate surface area is 225 Å². The monoisotopic (exact) mass is 618 g/mol. The molecule has 36 heavy (non-hydrogen) atoms. The van der Waals surface area contributed by atoms with Crippen molar-refractivity contribution in [2.75, 3.05) is 40.5 Å². The standard InChI is InChI=1S/C25H35IN2O8/c1-4-5-6-22(31)28(8-10-34-2)19-13-17(25(33)27-7-9-29)14-20(23(19)32)36-24-18(26)11-16(15-30)12-21(24)35-3/h5-6,11-12,14,19-20,23,29-30,32H,4,7-10,13,15H2,1-3H3,(H,27,33)/t19-,20+,23+/m1/s1. The number of hydrogen-bond donors (Lipinski definition) is 4. The number of nitrogens with zero attached hydrogens (tertiary/aromatic N) is 1. The van der Waals surface area contributed by atoms with Gasteiger partial charge in [-0.1, -0.05) is 13.0 Å². The summed E-state index contributed by atoms with van der Waals surface area (Å²) >= 11 is 2.05. The van der Waals surface area contributed by atoms with Crippen LogP contribution in [0.1, 0.15) is 25.3 Å². The maximum absolute atomic E-state index is 13.0. The highest BCUT2D eigenvalue weighted by Gasteiger charge is 2.40. The normalized spacial score (nSPS) is 19.6. The molecule has 2 rings (SSSR count). The highest BCUT2D eigenvalue weighted by Crippen LogP contribution is 2.37. The second-order valence-corrected chi connectivity index (χ2v) is 9.28.